The molecule has 0 saturated heterocycles. The van der Waals surface area contributed by atoms with Gasteiger partial charge in [0, 0.05) is 0 Å². The van der Waals surface area contributed by atoms with Crippen molar-refractivity contribution in [3.63, 3.8) is 0 Å². The van der Waals surface area contributed by atoms with E-state index in [1.807, 2.05) is 6.07 Å². The van der Waals surface area contributed by atoms with Gasteiger partial charge < -0.3 is 4.74 Å². The van der Waals surface area contributed by atoms with Crippen molar-refractivity contribution in [2.24, 2.45) is 5.41 Å². The average Bonchev–Trinajstić information content (AvgIpc) is 3.07. The van der Waals surface area contributed by atoms with Crippen LogP contribution < -0.4 is 0 Å². The molecule has 0 radical (unpaired) electrons. The maximum absolute atomic E-state index is 5.82. The molecule has 0 heterocycles. The first kappa shape index (κ1) is 7.57. The zero-order chi connectivity index (χ0) is 8.73. The third-order valence-corrected chi connectivity index (χ3v) is 3.30. The standard InChI is InChI=1S/C12H14O/c1-2-4-10(5-3-1)9-13-11-8-12(11)6-7-12/h1-5,11H,6-9H2. The van der Waals surface area contributed by atoms with Gasteiger partial charge in [0.1, 0.15) is 0 Å². The minimum atomic E-state index is 0.590. The molecule has 1 aromatic rings. The van der Waals surface area contributed by atoms with Crippen molar-refractivity contribution in [3.05, 3.63) is 35.9 Å². The third-order valence-electron chi connectivity index (χ3n) is 3.30. The van der Waals surface area contributed by atoms with Crippen LogP contribution in [-0.4, -0.2) is 6.10 Å². The summed E-state index contributed by atoms with van der Waals surface area (Å²) in [5.41, 5.74) is 1.97. The monoisotopic (exact) mass is 174 g/mol. The van der Waals surface area contributed by atoms with Gasteiger partial charge in [0.25, 0.3) is 0 Å². The Hall–Kier alpha value is -0.820. The second-order valence-electron chi connectivity index (χ2n) is 4.35. The maximum Gasteiger partial charge on any atom is 0.0720 e. The van der Waals surface area contributed by atoms with Gasteiger partial charge in [0.05, 0.1) is 12.7 Å². The van der Waals surface area contributed by atoms with Crippen molar-refractivity contribution in [1.29, 1.82) is 0 Å². The van der Waals surface area contributed by atoms with E-state index >= 15 is 0 Å². The minimum Gasteiger partial charge on any atom is -0.373 e. The summed E-state index contributed by atoms with van der Waals surface area (Å²) >= 11 is 0. The largest absolute Gasteiger partial charge is 0.373 e. The van der Waals surface area contributed by atoms with Crippen molar-refractivity contribution in [1.82, 2.24) is 0 Å². The van der Waals surface area contributed by atoms with Crippen LogP contribution in [0.1, 0.15) is 24.8 Å². The number of hydrogen-bond acceptors (Lipinski definition) is 1. The topological polar surface area (TPSA) is 9.23 Å². The summed E-state index contributed by atoms with van der Waals surface area (Å²) in [6.07, 6.45) is 4.73. The number of ether oxygens (including phenoxy) is 1. The van der Waals surface area contributed by atoms with Crippen LogP contribution in [0.5, 0.6) is 0 Å². The van der Waals surface area contributed by atoms with Crippen LogP contribution in [0.25, 0.3) is 0 Å². The van der Waals surface area contributed by atoms with Crippen LogP contribution in [0.4, 0.5) is 0 Å². The second-order valence-corrected chi connectivity index (χ2v) is 4.35. The lowest BCUT2D eigenvalue weighted by atomic mass is 10.2. The van der Waals surface area contributed by atoms with Crippen molar-refractivity contribution < 1.29 is 4.74 Å². The summed E-state index contributed by atoms with van der Waals surface area (Å²) < 4.78 is 5.82. The maximum atomic E-state index is 5.82. The zero-order valence-electron chi connectivity index (χ0n) is 7.70. The van der Waals surface area contributed by atoms with Gasteiger partial charge in [-0.05, 0) is 30.2 Å². The Labute approximate surface area is 78.7 Å². The van der Waals surface area contributed by atoms with Gasteiger partial charge in [-0.15, -0.1) is 0 Å². The number of benzene rings is 1. The highest BCUT2D eigenvalue weighted by molar-refractivity contribution is 5.16. The fraction of sp³-hybridized carbons (Fsp3) is 0.500. The molecule has 2 aliphatic carbocycles. The third kappa shape index (κ3) is 1.37. The van der Waals surface area contributed by atoms with Crippen molar-refractivity contribution in [2.75, 3.05) is 0 Å². The van der Waals surface area contributed by atoms with Crippen molar-refractivity contribution in [2.45, 2.75) is 32.0 Å². The minimum absolute atomic E-state index is 0.590. The van der Waals surface area contributed by atoms with Crippen LogP contribution in [-0.2, 0) is 11.3 Å². The smallest absolute Gasteiger partial charge is 0.0720 e. The first-order chi connectivity index (χ1) is 6.39. The summed E-state index contributed by atoms with van der Waals surface area (Å²) in [4.78, 5) is 0. The van der Waals surface area contributed by atoms with E-state index in [2.05, 4.69) is 24.3 Å². The van der Waals surface area contributed by atoms with Gasteiger partial charge in [-0.2, -0.15) is 0 Å². The molecule has 0 amide bonds. The molecule has 2 aliphatic rings. The molecule has 13 heavy (non-hydrogen) atoms. The van der Waals surface area contributed by atoms with E-state index < -0.39 is 0 Å². The lowest BCUT2D eigenvalue weighted by molar-refractivity contribution is 0.0924. The van der Waals surface area contributed by atoms with Gasteiger partial charge in [0.15, 0.2) is 0 Å². The van der Waals surface area contributed by atoms with Gasteiger partial charge in [0.2, 0.25) is 0 Å². The van der Waals surface area contributed by atoms with E-state index in [1.165, 1.54) is 24.8 Å². The summed E-state index contributed by atoms with van der Waals surface area (Å²) in [5.74, 6) is 0. The molecule has 1 spiro atoms. The van der Waals surface area contributed by atoms with E-state index in [4.69, 9.17) is 4.74 Å². The van der Waals surface area contributed by atoms with Crippen LogP contribution in [0.2, 0.25) is 0 Å². The Kier molecular flexibility index (Phi) is 1.50. The van der Waals surface area contributed by atoms with E-state index in [-0.39, 0.29) is 0 Å². The van der Waals surface area contributed by atoms with Crippen molar-refractivity contribution >= 4 is 0 Å². The summed E-state index contributed by atoms with van der Waals surface area (Å²) in [5, 5.41) is 0. The summed E-state index contributed by atoms with van der Waals surface area (Å²) in [6.45, 7) is 0.799. The normalized spacial score (nSPS) is 27.5. The molecule has 1 nitrogen and oxygen atoms in total. The lowest BCUT2D eigenvalue weighted by Gasteiger charge is -2.02. The molecule has 0 N–H and O–H groups in total. The predicted molar refractivity (Wildman–Crippen MR) is 51.3 cm³/mol. The predicted octanol–water partition coefficient (Wildman–Crippen LogP) is 2.76. The average molecular weight is 174 g/mol. The Morgan fingerprint density at radius 1 is 1.23 bits per heavy atom. The highest BCUT2D eigenvalue weighted by Crippen LogP contribution is 2.67. The molecule has 1 heteroatoms. The van der Waals surface area contributed by atoms with E-state index in [0.29, 0.717) is 11.5 Å². The molecule has 68 valence electrons. The molecule has 2 saturated carbocycles. The molecule has 1 atom stereocenters. The van der Waals surface area contributed by atoms with Crippen LogP contribution in [0.15, 0.2) is 30.3 Å². The van der Waals surface area contributed by atoms with Gasteiger partial charge in [-0.3, -0.25) is 0 Å². The van der Waals surface area contributed by atoms with E-state index in [1.54, 1.807) is 0 Å². The second kappa shape index (κ2) is 2.58. The summed E-state index contributed by atoms with van der Waals surface area (Å²) in [7, 11) is 0. The van der Waals surface area contributed by atoms with E-state index in [0.717, 1.165) is 6.61 Å². The Morgan fingerprint density at radius 2 is 2.00 bits per heavy atom. The SMILES string of the molecule is c1ccc(COC2CC23CC3)cc1. The van der Waals surface area contributed by atoms with Crippen LogP contribution >= 0.6 is 0 Å². The molecular weight excluding hydrogens is 160 g/mol. The van der Waals surface area contributed by atoms with Crippen LogP contribution in [0, 0.1) is 5.41 Å². The Balaban J connectivity index is 1.54. The highest BCUT2D eigenvalue weighted by Gasteiger charge is 2.63. The number of hydrogen-bond donors (Lipinski definition) is 0. The molecule has 3 rings (SSSR count). The van der Waals surface area contributed by atoms with Crippen LogP contribution in [0.3, 0.4) is 0 Å². The Bertz CT molecular complexity index is 300. The molecular formula is C12H14O. The molecule has 0 aliphatic heterocycles. The highest BCUT2D eigenvalue weighted by atomic mass is 16.5. The lowest BCUT2D eigenvalue weighted by Crippen LogP contribution is -1.97. The van der Waals surface area contributed by atoms with Gasteiger partial charge in [-0.1, -0.05) is 30.3 Å². The first-order valence-corrected chi connectivity index (χ1v) is 5.05. The van der Waals surface area contributed by atoms with Crippen molar-refractivity contribution in [3.8, 4) is 0 Å². The van der Waals surface area contributed by atoms with Gasteiger partial charge in [-0.25, -0.2) is 0 Å². The fourth-order valence-corrected chi connectivity index (χ4v) is 2.00. The summed E-state index contributed by atoms with van der Waals surface area (Å²) in [6, 6.07) is 10.4. The number of rotatable bonds is 3. The zero-order valence-corrected chi connectivity index (χ0v) is 7.70. The first-order valence-electron chi connectivity index (χ1n) is 5.05. The Morgan fingerprint density at radius 3 is 2.62 bits per heavy atom. The molecule has 0 bridgehead atoms. The quantitative estimate of drug-likeness (QED) is 0.684. The molecule has 1 aromatic carbocycles. The molecule has 1 unspecified atom stereocenters. The van der Waals surface area contributed by atoms with Gasteiger partial charge >= 0.3 is 0 Å². The molecule has 0 aromatic heterocycles. The van der Waals surface area contributed by atoms with E-state index in [9.17, 15) is 0 Å². The fourth-order valence-electron chi connectivity index (χ4n) is 2.00. The molecule has 2 fully saturated rings.